The van der Waals surface area contributed by atoms with E-state index in [1.54, 1.807) is 0 Å². The first-order valence-electron chi connectivity index (χ1n) is 5.06. The highest BCUT2D eigenvalue weighted by Crippen LogP contribution is 2.30. The molecule has 1 rings (SSSR count). The lowest BCUT2D eigenvalue weighted by Crippen LogP contribution is -2.32. The third kappa shape index (κ3) is 3.02. The quantitative estimate of drug-likeness (QED) is 0.616. The molecule has 1 fully saturated rings. The number of halogens is 1. The van der Waals surface area contributed by atoms with Gasteiger partial charge in [-0.3, -0.25) is 4.79 Å². The summed E-state index contributed by atoms with van der Waals surface area (Å²) in [6.45, 7) is 9.58. The number of carbonyl (C=O) groups excluding carboxylic acids is 1. The van der Waals surface area contributed by atoms with Gasteiger partial charge in [0.1, 0.15) is 0 Å². The predicted molar refractivity (Wildman–Crippen MR) is 59.2 cm³/mol. The molecule has 80 valence electrons. The minimum atomic E-state index is -0.107. The molecule has 0 aromatic carbocycles. The zero-order valence-electron chi connectivity index (χ0n) is 8.98. The molecule has 2 nitrogen and oxygen atoms in total. The van der Waals surface area contributed by atoms with Gasteiger partial charge in [-0.15, -0.1) is 0 Å². The first-order chi connectivity index (χ1) is 6.42. The molecule has 0 saturated carbocycles. The van der Waals surface area contributed by atoms with E-state index in [4.69, 9.17) is 11.6 Å². The summed E-state index contributed by atoms with van der Waals surface area (Å²) in [7, 11) is 0. The largest absolute Gasteiger partial charge is 0.338 e. The van der Waals surface area contributed by atoms with Crippen LogP contribution < -0.4 is 0 Å². The van der Waals surface area contributed by atoms with Crippen LogP contribution in [0.5, 0.6) is 0 Å². The minimum absolute atomic E-state index is 0.107. The van der Waals surface area contributed by atoms with Crippen LogP contribution in [-0.2, 0) is 4.79 Å². The Hall–Kier alpha value is -0.500. The third-order valence-electron chi connectivity index (χ3n) is 2.86. The van der Waals surface area contributed by atoms with Crippen LogP contribution in [0, 0.1) is 5.41 Å². The van der Waals surface area contributed by atoms with Gasteiger partial charge in [-0.2, -0.15) is 0 Å². The molecule has 0 N–H and O–H groups in total. The maximum Gasteiger partial charge on any atom is 0.264 e. The third-order valence-corrected chi connectivity index (χ3v) is 3.02. The lowest BCUT2D eigenvalue weighted by molar-refractivity contribution is -0.126. The molecule has 3 heteroatoms. The smallest absolute Gasteiger partial charge is 0.264 e. The molecule has 14 heavy (non-hydrogen) atoms. The van der Waals surface area contributed by atoms with Gasteiger partial charge in [0.2, 0.25) is 0 Å². The summed E-state index contributed by atoms with van der Waals surface area (Å²) in [5.74, 6) is -0.107. The van der Waals surface area contributed by atoms with Gasteiger partial charge < -0.3 is 4.90 Å². The molecule has 1 heterocycles. The lowest BCUT2D eigenvalue weighted by Gasteiger charge is -2.23. The molecule has 0 unspecified atom stereocenters. The summed E-state index contributed by atoms with van der Waals surface area (Å²) in [4.78, 5) is 13.4. The van der Waals surface area contributed by atoms with Crippen molar-refractivity contribution in [2.45, 2.75) is 33.1 Å². The number of hydrogen-bond acceptors (Lipinski definition) is 1. The van der Waals surface area contributed by atoms with E-state index in [1.807, 2.05) is 4.90 Å². The molecule has 1 saturated heterocycles. The molecule has 0 atom stereocenters. The van der Waals surface area contributed by atoms with Crippen LogP contribution in [0.25, 0.3) is 0 Å². The van der Waals surface area contributed by atoms with Gasteiger partial charge in [-0.05, 0) is 24.7 Å². The van der Waals surface area contributed by atoms with Gasteiger partial charge in [0.25, 0.3) is 5.91 Å². The molecular formula is C11H18ClNO. The van der Waals surface area contributed by atoms with Crippen molar-refractivity contribution in [1.29, 1.82) is 0 Å². The molecule has 0 aliphatic carbocycles. The van der Waals surface area contributed by atoms with Crippen LogP contribution in [0.3, 0.4) is 0 Å². The van der Waals surface area contributed by atoms with E-state index >= 15 is 0 Å². The first kappa shape index (κ1) is 11.6. The fraction of sp³-hybridized carbons (Fsp3) is 0.727. The molecule has 0 spiro atoms. The van der Waals surface area contributed by atoms with E-state index < -0.39 is 0 Å². The average Bonchev–Trinajstić information content (AvgIpc) is 2.25. The zero-order chi connectivity index (χ0) is 10.8. The number of hydrogen-bond donors (Lipinski definition) is 0. The number of likely N-dealkylation sites (tertiary alicyclic amines) is 1. The number of amides is 1. The molecular weight excluding hydrogens is 198 g/mol. The van der Waals surface area contributed by atoms with Crippen LogP contribution in [0.1, 0.15) is 33.1 Å². The van der Waals surface area contributed by atoms with Crippen molar-refractivity contribution in [3.8, 4) is 0 Å². The second-order valence-electron chi connectivity index (χ2n) is 4.71. The number of nitrogens with zero attached hydrogens (tertiary/aromatic N) is 1. The van der Waals surface area contributed by atoms with Crippen molar-refractivity contribution in [3.05, 3.63) is 11.6 Å². The van der Waals surface area contributed by atoms with Crippen molar-refractivity contribution < 1.29 is 4.79 Å². The van der Waals surface area contributed by atoms with Crippen LogP contribution in [-0.4, -0.2) is 23.9 Å². The van der Waals surface area contributed by atoms with Gasteiger partial charge in [-0.25, -0.2) is 0 Å². The Bertz CT molecular complexity index is 248. The second kappa shape index (κ2) is 4.35. The molecule has 0 aromatic rings. The first-order valence-corrected chi connectivity index (χ1v) is 5.44. The summed E-state index contributed by atoms with van der Waals surface area (Å²) in [5.41, 5.74) is 0.350. The van der Waals surface area contributed by atoms with E-state index in [1.165, 1.54) is 6.42 Å². The monoisotopic (exact) mass is 215 g/mol. The molecule has 0 aromatic heterocycles. The van der Waals surface area contributed by atoms with Crippen LogP contribution in [0.4, 0.5) is 0 Å². The van der Waals surface area contributed by atoms with E-state index in [2.05, 4.69) is 20.4 Å². The van der Waals surface area contributed by atoms with Gasteiger partial charge in [0.15, 0.2) is 0 Å². The van der Waals surface area contributed by atoms with Crippen LogP contribution in [0.15, 0.2) is 11.6 Å². The van der Waals surface area contributed by atoms with Crippen molar-refractivity contribution in [2.75, 3.05) is 13.1 Å². The summed E-state index contributed by atoms with van der Waals surface area (Å²) in [6.07, 6.45) is 3.28. The van der Waals surface area contributed by atoms with E-state index in [9.17, 15) is 4.79 Å². The SMILES string of the molecule is C=C(Cl)C(=O)N1CCCC(C)(C)CC1. The van der Waals surface area contributed by atoms with E-state index in [0.29, 0.717) is 5.41 Å². The lowest BCUT2D eigenvalue weighted by atomic mass is 9.85. The second-order valence-corrected chi connectivity index (χ2v) is 5.17. The zero-order valence-corrected chi connectivity index (χ0v) is 9.73. The minimum Gasteiger partial charge on any atom is -0.338 e. The maximum atomic E-state index is 11.6. The van der Waals surface area contributed by atoms with Crippen LogP contribution in [0.2, 0.25) is 0 Å². The Morgan fingerprint density at radius 1 is 1.36 bits per heavy atom. The Balaban J connectivity index is 2.58. The number of rotatable bonds is 1. The Labute approximate surface area is 90.9 Å². The fourth-order valence-electron chi connectivity index (χ4n) is 1.80. The predicted octanol–water partition coefficient (Wildman–Crippen LogP) is 2.78. The van der Waals surface area contributed by atoms with Gasteiger partial charge in [0, 0.05) is 13.1 Å². The Morgan fingerprint density at radius 3 is 2.57 bits per heavy atom. The highest BCUT2D eigenvalue weighted by molar-refractivity contribution is 6.41. The van der Waals surface area contributed by atoms with Gasteiger partial charge in [0.05, 0.1) is 5.03 Å². The highest BCUT2D eigenvalue weighted by Gasteiger charge is 2.25. The molecule has 0 radical (unpaired) electrons. The maximum absolute atomic E-state index is 11.6. The Kier molecular flexibility index (Phi) is 3.59. The molecule has 1 aliphatic rings. The standard InChI is InChI=1S/C11H18ClNO/c1-9(12)10(14)13-7-4-5-11(2,3)6-8-13/h1,4-8H2,2-3H3. The summed E-state index contributed by atoms with van der Waals surface area (Å²) in [5, 5.41) is 0.129. The van der Waals surface area contributed by atoms with Crippen molar-refractivity contribution in [2.24, 2.45) is 5.41 Å². The normalized spacial score (nSPS) is 21.5. The van der Waals surface area contributed by atoms with Crippen molar-refractivity contribution in [1.82, 2.24) is 4.90 Å². The van der Waals surface area contributed by atoms with Crippen LogP contribution >= 0.6 is 11.6 Å². The highest BCUT2D eigenvalue weighted by atomic mass is 35.5. The molecule has 0 bridgehead atoms. The fourth-order valence-corrected chi connectivity index (χ4v) is 1.92. The summed E-state index contributed by atoms with van der Waals surface area (Å²) in [6, 6.07) is 0. The van der Waals surface area contributed by atoms with Crippen molar-refractivity contribution in [3.63, 3.8) is 0 Å². The molecule has 1 amide bonds. The van der Waals surface area contributed by atoms with E-state index in [0.717, 1.165) is 25.9 Å². The van der Waals surface area contributed by atoms with E-state index in [-0.39, 0.29) is 10.9 Å². The van der Waals surface area contributed by atoms with Gasteiger partial charge in [-0.1, -0.05) is 32.0 Å². The summed E-state index contributed by atoms with van der Waals surface area (Å²) < 4.78 is 0. The number of carbonyl (C=O) groups is 1. The Morgan fingerprint density at radius 2 is 2.00 bits per heavy atom. The average molecular weight is 216 g/mol. The van der Waals surface area contributed by atoms with Crippen molar-refractivity contribution >= 4 is 17.5 Å². The summed E-state index contributed by atoms with van der Waals surface area (Å²) >= 11 is 5.60. The van der Waals surface area contributed by atoms with Gasteiger partial charge >= 0.3 is 0 Å². The molecule has 1 aliphatic heterocycles. The topological polar surface area (TPSA) is 20.3 Å².